The number of hydrogen-bond acceptors (Lipinski definition) is 7. The molecule has 0 radical (unpaired) electrons. The number of aromatic nitrogens is 2. The average Bonchev–Trinajstić information content (AvgIpc) is 3.28. The minimum atomic E-state index is -0.413. The third kappa shape index (κ3) is 4.98. The lowest BCUT2D eigenvalue weighted by Gasteiger charge is -2.17. The van der Waals surface area contributed by atoms with E-state index in [1.54, 1.807) is 29.8 Å². The van der Waals surface area contributed by atoms with E-state index in [0.717, 1.165) is 28.6 Å². The maximum atomic E-state index is 12.5. The molecule has 27 heavy (non-hydrogen) atoms. The summed E-state index contributed by atoms with van der Waals surface area (Å²) in [4.78, 5) is 26.5. The molecule has 1 fully saturated rings. The van der Waals surface area contributed by atoms with Crippen molar-refractivity contribution in [2.75, 3.05) is 29.6 Å². The summed E-state index contributed by atoms with van der Waals surface area (Å²) in [7, 11) is 1.58. The Labute approximate surface area is 166 Å². The molecule has 1 aromatic carbocycles. The highest BCUT2D eigenvalue weighted by molar-refractivity contribution is 8.01. The van der Waals surface area contributed by atoms with Gasteiger partial charge in [0.05, 0.1) is 13.0 Å². The fourth-order valence-corrected chi connectivity index (χ4v) is 4.65. The van der Waals surface area contributed by atoms with Gasteiger partial charge in [-0.05, 0) is 18.6 Å². The number of methoxy groups -OCH3 is 1. The van der Waals surface area contributed by atoms with E-state index >= 15 is 0 Å². The van der Waals surface area contributed by atoms with Crippen molar-refractivity contribution in [1.82, 2.24) is 10.2 Å². The topological polar surface area (TPSA) is 84.4 Å². The van der Waals surface area contributed by atoms with Crippen molar-refractivity contribution in [3.05, 3.63) is 24.3 Å². The van der Waals surface area contributed by atoms with E-state index in [1.807, 2.05) is 18.2 Å². The Kier molecular flexibility index (Phi) is 6.68. The first-order valence-corrected chi connectivity index (χ1v) is 10.6. The largest absolute Gasteiger partial charge is 0.497 e. The minimum absolute atomic E-state index is 0.0727. The van der Waals surface area contributed by atoms with E-state index in [1.165, 1.54) is 11.3 Å². The summed E-state index contributed by atoms with van der Waals surface area (Å²) in [5.74, 6) is 0.983. The molecule has 1 aliphatic rings. The summed E-state index contributed by atoms with van der Waals surface area (Å²) >= 11 is 3.01. The quantitative estimate of drug-likeness (QED) is 0.411. The van der Waals surface area contributed by atoms with Crippen molar-refractivity contribution < 1.29 is 14.3 Å². The summed E-state index contributed by atoms with van der Waals surface area (Å²) < 4.78 is 6.05. The number of anilines is 2. The van der Waals surface area contributed by atoms with E-state index in [9.17, 15) is 9.59 Å². The van der Waals surface area contributed by atoms with E-state index in [2.05, 4.69) is 22.4 Å². The lowest BCUT2D eigenvalue weighted by Crippen LogP contribution is -2.28. The fourth-order valence-electron chi connectivity index (χ4n) is 2.74. The standard InChI is InChI=1S/C18H22N4O3S2/c1-3-4-8-26-18-21-20-17(27-18)19-16(24)12-9-15(23)22(11-12)13-6-5-7-14(10-13)25-2/h5-7,10,12H,3-4,8-9,11H2,1-2H3,(H,19,20,24)/t12-/m0/s1. The first-order valence-electron chi connectivity index (χ1n) is 8.82. The van der Waals surface area contributed by atoms with Crippen molar-refractivity contribution >= 4 is 45.7 Å². The van der Waals surface area contributed by atoms with Crippen molar-refractivity contribution in [2.24, 2.45) is 5.92 Å². The number of rotatable bonds is 8. The van der Waals surface area contributed by atoms with Crippen LogP contribution in [0.5, 0.6) is 5.75 Å². The molecule has 0 bridgehead atoms. The van der Waals surface area contributed by atoms with Crippen LogP contribution in [0.1, 0.15) is 26.2 Å². The lowest BCUT2D eigenvalue weighted by molar-refractivity contribution is -0.122. The Morgan fingerprint density at radius 2 is 2.30 bits per heavy atom. The molecule has 9 heteroatoms. The van der Waals surface area contributed by atoms with Gasteiger partial charge in [-0.1, -0.05) is 42.5 Å². The molecule has 1 atom stereocenters. The molecule has 2 amide bonds. The maximum absolute atomic E-state index is 12.5. The second-order valence-electron chi connectivity index (χ2n) is 6.17. The Bertz CT molecular complexity index is 811. The Hall–Kier alpha value is -2.13. The zero-order chi connectivity index (χ0) is 19.2. The van der Waals surface area contributed by atoms with E-state index in [0.29, 0.717) is 17.4 Å². The molecule has 1 N–H and O–H groups in total. The van der Waals surface area contributed by atoms with Crippen LogP contribution in [-0.4, -0.2) is 41.4 Å². The number of thioether (sulfide) groups is 1. The number of benzene rings is 1. The van der Waals surface area contributed by atoms with Crippen LogP contribution in [0.15, 0.2) is 28.6 Å². The summed E-state index contributed by atoms with van der Waals surface area (Å²) in [5, 5.41) is 11.4. The van der Waals surface area contributed by atoms with Gasteiger partial charge in [0, 0.05) is 30.5 Å². The highest BCUT2D eigenvalue weighted by Crippen LogP contribution is 2.30. The molecule has 1 saturated heterocycles. The molecular formula is C18H22N4O3S2. The van der Waals surface area contributed by atoms with Crippen LogP contribution < -0.4 is 15.0 Å². The normalized spacial score (nSPS) is 16.6. The van der Waals surface area contributed by atoms with Crippen molar-refractivity contribution in [2.45, 2.75) is 30.5 Å². The molecule has 1 aliphatic heterocycles. The van der Waals surface area contributed by atoms with Gasteiger partial charge in [0.25, 0.3) is 0 Å². The van der Waals surface area contributed by atoms with Crippen molar-refractivity contribution in [3.63, 3.8) is 0 Å². The Morgan fingerprint density at radius 1 is 1.44 bits per heavy atom. The fraction of sp³-hybridized carbons (Fsp3) is 0.444. The van der Waals surface area contributed by atoms with E-state index < -0.39 is 5.92 Å². The maximum Gasteiger partial charge on any atom is 0.231 e. The summed E-state index contributed by atoms with van der Waals surface area (Å²) in [6, 6.07) is 7.28. The zero-order valence-corrected chi connectivity index (χ0v) is 16.9. The molecule has 0 unspecified atom stereocenters. The lowest BCUT2D eigenvalue weighted by atomic mass is 10.1. The molecule has 3 rings (SSSR count). The number of nitrogens with one attached hydrogen (secondary N) is 1. The van der Waals surface area contributed by atoms with Crippen LogP contribution in [0.3, 0.4) is 0 Å². The van der Waals surface area contributed by atoms with Crippen LogP contribution in [0.2, 0.25) is 0 Å². The third-order valence-corrected chi connectivity index (χ3v) is 6.28. The number of ether oxygens (including phenoxy) is 1. The molecule has 0 aliphatic carbocycles. The second-order valence-corrected chi connectivity index (χ2v) is 8.49. The van der Waals surface area contributed by atoms with Crippen LogP contribution in [0.25, 0.3) is 0 Å². The molecule has 144 valence electrons. The number of hydrogen-bond donors (Lipinski definition) is 1. The SMILES string of the molecule is CCCCSc1nnc(NC(=O)[C@H]2CC(=O)N(c3cccc(OC)c3)C2)s1. The average molecular weight is 407 g/mol. The van der Waals surface area contributed by atoms with Crippen molar-refractivity contribution in [3.8, 4) is 5.75 Å². The van der Waals surface area contributed by atoms with Gasteiger partial charge < -0.3 is 15.0 Å². The Morgan fingerprint density at radius 3 is 3.07 bits per heavy atom. The highest BCUT2D eigenvalue weighted by Gasteiger charge is 2.35. The molecule has 2 heterocycles. The van der Waals surface area contributed by atoms with Crippen LogP contribution >= 0.6 is 23.1 Å². The molecule has 1 aromatic heterocycles. The molecule has 2 aromatic rings. The van der Waals surface area contributed by atoms with Crippen LogP contribution in [0, 0.1) is 5.92 Å². The highest BCUT2D eigenvalue weighted by atomic mass is 32.2. The van der Waals surface area contributed by atoms with Gasteiger partial charge in [-0.2, -0.15) is 0 Å². The van der Waals surface area contributed by atoms with Crippen LogP contribution in [-0.2, 0) is 9.59 Å². The van der Waals surface area contributed by atoms with Crippen LogP contribution in [0.4, 0.5) is 10.8 Å². The van der Waals surface area contributed by atoms with Gasteiger partial charge in [-0.3, -0.25) is 9.59 Å². The molecular weight excluding hydrogens is 384 g/mol. The summed E-state index contributed by atoms with van der Waals surface area (Å²) in [6.45, 7) is 2.48. The summed E-state index contributed by atoms with van der Waals surface area (Å²) in [5.41, 5.74) is 0.736. The number of nitrogens with zero attached hydrogens (tertiary/aromatic N) is 3. The number of carbonyl (C=O) groups is 2. The monoisotopic (exact) mass is 406 g/mol. The molecule has 0 saturated carbocycles. The number of amides is 2. The predicted octanol–water partition coefficient (Wildman–Crippen LogP) is 3.43. The van der Waals surface area contributed by atoms with Gasteiger partial charge in [0.15, 0.2) is 4.34 Å². The number of carbonyl (C=O) groups excluding carboxylic acids is 2. The van der Waals surface area contributed by atoms with Gasteiger partial charge in [-0.25, -0.2) is 0 Å². The number of unbranched alkanes of at least 4 members (excludes halogenated alkanes) is 1. The van der Waals surface area contributed by atoms with Gasteiger partial charge >= 0.3 is 0 Å². The molecule has 0 spiro atoms. The van der Waals surface area contributed by atoms with Gasteiger partial charge in [-0.15, -0.1) is 10.2 Å². The summed E-state index contributed by atoms with van der Waals surface area (Å²) in [6.07, 6.45) is 2.44. The van der Waals surface area contributed by atoms with E-state index in [-0.39, 0.29) is 18.2 Å². The first kappa shape index (κ1) is 19.6. The minimum Gasteiger partial charge on any atom is -0.497 e. The Balaban J connectivity index is 1.59. The van der Waals surface area contributed by atoms with E-state index in [4.69, 9.17) is 4.74 Å². The predicted molar refractivity (Wildman–Crippen MR) is 108 cm³/mol. The first-order chi connectivity index (χ1) is 13.1. The molecule has 7 nitrogen and oxygen atoms in total. The third-order valence-electron chi connectivity index (χ3n) is 4.22. The smallest absolute Gasteiger partial charge is 0.231 e. The van der Waals surface area contributed by atoms with Crippen molar-refractivity contribution in [1.29, 1.82) is 0 Å². The van der Waals surface area contributed by atoms with Gasteiger partial charge in [0.1, 0.15) is 5.75 Å². The zero-order valence-electron chi connectivity index (χ0n) is 15.3. The second kappa shape index (κ2) is 9.18. The van der Waals surface area contributed by atoms with Gasteiger partial charge in [0.2, 0.25) is 16.9 Å².